The average molecular weight is 319 g/mol. The molecular formula is C16H21N3O4. The van der Waals surface area contributed by atoms with Crippen molar-refractivity contribution in [2.24, 2.45) is 0 Å². The second kappa shape index (κ2) is 6.97. The van der Waals surface area contributed by atoms with Crippen LogP contribution in [0.4, 0.5) is 0 Å². The lowest BCUT2D eigenvalue weighted by atomic mass is 10.1. The van der Waals surface area contributed by atoms with Gasteiger partial charge in [-0.05, 0) is 13.0 Å². The molecule has 0 spiro atoms. The van der Waals surface area contributed by atoms with Crippen molar-refractivity contribution < 1.29 is 18.7 Å². The van der Waals surface area contributed by atoms with Crippen LogP contribution in [0.2, 0.25) is 0 Å². The number of hydrogen-bond acceptors (Lipinski definition) is 7. The molecule has 124 valence electrons. The summed E-state index contributed by atoms with van der Waals surface area (Å²) in [5.74, 6) is 2.82. The summed E-state index contributed by atoms with van der Waals surface area (Å²) in [6.45, 7) is 4.53. The molecule has 2 aromatic rings. The van der Waals surface area contributed by atoms with Crippen LogP contribution in [-0.2, 0) is 17.9 Å². The molecule has 0 fully saturated rings. The monoisotopic (exact) mass is 319 g/mol. The number of nitrogens with zero attached hydrogens (tertiary/aromatic N) is 3. The Morgan fingerprint density at radius 3 is 3.00 bits per heavy atom. The summed E-state index contributed by atoms with van der Waals surface area (Å²) in [6.07, 6.45) is 0. The minimum absolute atomic E-state index is 0.00441. The molecule has 7 nitrogen and oxygen atoms in total. The van der Waals surface area contributed by atoms with E-state index in [-0.39, 0.29) is 6.04 Å². The van der Waals surface area contributed by atoms with Crippen molar-refractivity contribution in [2.45, 2.75) is 26.1 Å². The molecule has 0 saturated heterocycles. The van der Waals surface area contributed by atoms with Crippen LogP contribution in [0.25, 0.3) is 0 Å². The highest BCUT2D eigenvalue weighted by atomic mass is 16.5. The van der Waals surface area contributed by atoms with Gasteiger partial charge in [-0.3, -0.25) is 4.90 Å². The summed E-state index contributed by atoms with van der Waals surface area (Å²) in [5.41, 5.74) is 1.12. The summed E-state index contributed by atoms with van der Waals surface area (Å²) in [5, 5.41) is 3.93. The van der Waals surface area contributed by atoms with Gasteiger partial charge in [-0.1, -0.05) is 11.2 Å². The van der Waals surface area contributed by atoms with Crippen LogP contribution in [-0.4, -0.2) is 42.4 Å². The lowest BCUT2D eigenvalue weighted by Crippen LogP contribution is -2.29. The van der Waals surface area contributed by atoms with Crippen LogP contribution in [0.5, 0.6) is 11.5 Å². The van der Waals surface area contributed by atoms with Crippen LogP contribution >= 0.6 is 0 Å². The lowest BCUT2D eigenvalue weighted by molar-refractivity contribution is 0.151. The molecule has 0 radical (unpaired) electrons. The van der Waals surface area contributed by atoms with Gasteiger partial charge in [0, 0.05) is 31.8 Å². The van der Waals surface area contributed by atoms with Gasteiger partial charge < -0.3 is 18.7 Å². The number of aromatic nitrogens is 2. The number of hydrogen-bond donors (Lipinski definition) is 0. The first-order chi connectivity index (χ1) is 11.2. The molecule has 2 heterocycles. The van der Waals surface area contributed by atoms with Crippen LogP contribution < -0.4 is 9.47 Å². The highest BCUT2D eigenvalue weighted by Crippen LogP contribution is 2.30. The van der Waals surface area contributed by atoms with Crippen molar-refractivity contribution in [1.82, 2.24) is 15.0 Å². The molecule has 23 heavy (non-hydrogen) atoms. The largest absolute Gasteiger partial charge is 0.497 e. The van der Waals surface area contributed by atoms with Crippen LogP contribution in [0.15, 0.2) is 22.7 Å². The van der Waals surface area contributed by atoms with Gasteiger partial charge in [0.2, 0.25) is 5.89 Å². The maximum absolute atomic E-state index is 5.84. The molecule has 1 aromatic carbocycles. The molecule has 0 aliphatic carbocycles. The van der Waals surface area contributed by atoms with Crippen molar-refractivity contribution in [3.05, 3.63) is 35.5 Å². The van der Waals surface area contributed by atoms with Gasteiger partial charge in [0.1, 0.15) is 24.7 Å². The predicted molar refractivity (Wildman–Crippen MR) is 82.3 cm³/mol. The molecule has 0 amide bonds. The Morgan fingerprint density at radius 1 is 1.35 bits per heavy atom. The zero-order valence-electron chi connectivity index (χ0n) is 13.6. The van der Waals surface area contributed by atoms with E-state index in [0.717, 1.165) is 30.2 Å². The smallest absolute Gasteiger partial charge is 0.243 e. The molecule has 1 atom stereocenters. The Kier molecular flexibility index (Phi) is 4.78. The van der Waals surface area contributed by atoms with E-state index in [1.807, 2.05) is 18.2 Å². The molecule has 3 rings (SSSR count). The van der Waals surface area contributed by atoms with Crippen molar-refractivity contribution in [3.63, 3.8) is 0 Å². The Balaban J connectivity index is 1.76. The second-order valence-electron chi connectivity index (χ2n) is 5.45. The van der Waals surface area contributed by atoms with Gasteiger partial charge in [-0.15, -0.1) is 0 Å². The van der Waals surface area contributed by atoms with E-state index in [9.17, 15) is 0 Å². The SMILES string of the molecule is COCc1noc(C(C)N2CCOc3cc(OC)ccc3C2)n1. The molecule has 1 aromatic heterocycles. The van der Waals surface area contributed by atoms with E-state index in [2.05, 4.69) is 22.0 Å². The lowest BCUT2D eigenvalue weighted by Gasteiger charge is -2.24. The van der Waals surface area contributed by atoms with Crippen LogP contribution in [0, 0.1) is 0 Å². The molecule has 0 N–H and O–H groups in total. The van der Waals surface area contributed by atoms with Gasteiger partial charge >= 0.3 is 0 Å². The normalized spacial score (nSPS) is 16.3. The Hall–Kier alpha value is -2.12. The Morgan fingerprint density at radius 2 is 2.22 bits per heavy atom. The highest BCUT2D eigenvalue weighted by Gasteiger charge is 2.25. The second-order valence-corrected chi connectivity index (χ2v) is 5.45. The van der Waals surface area contributed by atoms with Crippen molar-refractivity contribution >= 4 is 0 Å². The number of fused-ring (bicyclic) bond motifs is 1. The molecule has 1 aliphatic heterocycles. The molecule has 7 heteroatoms. The fourth-order valence-corrected chi connectivity index (χ4v) is 2.61. The third-order valence-electron chi connectivity index (χ3n) is 3.95. The topological polar surface area (TPSA) is 69.9 Å². The van der Waals surface area contributed by atoms with Crippen LogP contribution in [0.1, 0.15) is 30.2 Å². The predicted octanol–water partition coefficient (Wildman–Crippen LogP) is 2.18. The van der Waals surface area contributed by atoms with E-state index < -0.39 is 0 Å². The van der Waals surface area contributed by atoms with Crippen molar-refractivity contribution in [3.8, 4) is 11.5 Å². The van der Waals surface area contributed by atoms with Crippen LogP contribution in [0.3, 0.4) is 0 Å². The molecule has 1 unspecified atom stereocenters. The van der Waals surface area contributed by atoms with Gasteiger partial charge in [-0.25, -0.2) is 0 Å². The fourth-order valence-electron chi connectivity index (χ4n) is 2.61. The Labute approximate surface area is 135 Å². The summed E-state index contributed by atoms with van der Waals surface area (Å²) >= 11 is 0. The molecule has 1 aliphatic rings. The third-order valence-corrected chi connectivity index (χ3v) is 3.95. The minimum atomic E-state index is 0.00441. The first-order valence-corrected chi connectivity index (χ1v) is 7.56. The van der Waals surface area contributed by atoms with Gasteiger partial charge in [0.25, 0.3) is 0 Å². The van der Waals surface area contributed by atoms with Crippen molar-refractivity contribution in [1.29, 1.82) is 0 Å². The zero-order chi connectivity index (χ0) is 16.2. The summed E-state index contributed by atoms with van der Waals surface area (Å²) in [6, 6.07) is 5.90. The van der Waals surface area contributed by atoms with E-state index in [4.69, 9.17) is 18.7 Å². The number of methoxy groups -OCH3 is 2. The first-order valence-electron chi connectivity index (χ1n) is 7.56. The molecule has 0 saturated carbocycles. The fraction of sp³-hybridized carbons (Fsp3) is 0.500. The maximum Gasteiger partial charge on any atom is 0.243 e. The first kappa shape index (κ1) is 15.8. The highest BCUT2D eigenvalue weighted by molar-refractivity contribution is 5.41. The number of rotatable bonds is 5. The quantitative estimate of drug-likeness (QED) is 0.836. The van der Waals surface area contributed by atoms with Crippen molar-refractivity contribution in [2.75, 3.05) is 27.4 Å². The average Bonchev–Trinajstić information content (AvgIpc) is 2.92. The zero-order valence-corrected chi connectivity index (χ0v) is 13.6. The van der Waals surface area contributed by atoms with Gasteiger partial charge in [0.15, 0.2) is 5.82 Å². The summed E-state index contributed by atoms with van der Waals surface area (Å²) < 4.78 is 21.5. The minimum Gasteiger partial charge on any atom is -0.497 e. The Bertz CT molecular complexity index is 659. The maximum atomic E-state index is 5.84. The summed E-state index contributed by atoms with van der Waals surface area (Å²) in [4.78, 5) is 6.64. The van der Waals surface area contributed by atoms with E-state index in [0.29, 0.717) is 24.9 Å². The third kappa shape index (κ3) is 3.46. The summed E-state index contributed by atoms with van der Waals surface area (Å²) in [7, 11) is 3.26. The van der Waals surface area contributed by atoms with E-state index in [1.54, 1.807) is 14.2 Å². The van der Waals surface area contributed by atoms with E-state index >= 15 is 0 Å². The molecule has 0 bridgehead atoms. The van der Waals surface area contributed by atoms with Gasteiger partial charge in [0.05, 0.1) is 13.2 Å². The molecular weight excluding hydrogens is 298 g/mol. The van der Waals surface area contributed by atoms with E-state index in [1.165, 1.54) is 0 Å². The number of benzene rings is 1. The number of ether oxygens (including phenoxy) is 3. The van der Waals surface area contributed by atoms with Gasteiger partial charge in [-0.2, -0.15) is 4.98 Å². The standard InChI is InChI=1S/C16H21N3O4/c1-11(16-17-15(10-20-2)18-23-16)19-6-7-22-14-8-13(21-3)5-4-12(14)9-19/h4-5,8,11H,6-7,9-10H2,1-3H3.